The van der Waals surface area contributed by atoms with E-state index >= 15 is 0 Å². The largest absolute Gasteiger partial charge is 0.261 e. The van der Waals surface area contributed by atoms with Gasteiger partial charge in [0.1, 0.15) is 0 Å². The summed E-state index contributed by atoms with van der Waals surface area (Å²) in [6, 6.07) is 54.7. The number of hydrogen-bond donors (Lipinski definition) is 0. The van der Waals surface area contributed by atoms with E-state index in [1.807, 2.05) is 48.5 Å². The van der Waals surface area contributed by atoms with Crippen LogP contribution in [0.25, 0.3) is 49.9 Å². The molecule has 0 aliphatic rings. The summed E-state index contributed by atoms with van der Waals surface area (Å²) in [6.07, 6.45) is 8.28. The standard InChI is InChI=1S/C49H40N4/c1-4-16-36(5-2)44-32-43(33-45(38-19-11-7-12-20-38)47(44)39-21-13-8-14-22-39)37-24-26-40(27-25-37)49(52-34-35-17-9-6-10-18-35)53-48(50-3)42-28-29-46-41(31-42)23-15-30-51-46/h4-33H,3,34H2,1-2H3/b16-4-,36-5+,52-49-,53-48-. The predicted octanol–water partition coefficient (Wildman–Crippen LogP) is 12.3. The van der Waals surface area contributed by atoms with E-state index in [1.54, 1.807) is 6.20 Å². The monoisotopic (exact) mass is 684 g/mol. The topological polar surface area (TPSA) is 50.0 Å². The molecule has 0 radical (unpaired) electrons. The molecule has 7 aromatic rings. The van der Waals surface area contributed by atoms with Crippen molar-refractivity contribution in [2.24, 2.45) is 15.0 Å². The van der Waals surface area contributed by atoms with Crippen LogP contribution in [0.15, 0.2) is 197 Å². The molecule has 0 saturated carbocycles. The Morgan fingerprint density at radius 3 is 1.98 bits per heavy atom. The smallest absolute Gasteiger partial charge is 0.161 e. The van der Waals surface area contributed by atoms with Crippen molar-refractivity contribution in [2.75, 3.05) is 0 Å². The van der Waals surface area contributed by atoms with Gasteiger partial charge in [-0.25, -0.2) is 9.98 Å². The van der Waals surface area contributed by atoms with E-state index in [-0.39, 0.29) is 0 Å². The van der Waals surface area contributed by atoms with Gasteiger partial charge in [0.25, 0.3) is 0 Å². The SMILES string of the molecule is C=N/C(=N\C(=N/Cc1ccccc1)c1ccc(-c2cc(C(/C=C\C)=C/C)c(-c3ccccc3)c(-c3ccccc3)c2)cc1)c1ccc2ncccc2c1. The maximum atomic E-state index is 5.03. The molecule has 0 atom stereocenters. The Labute approximate surface area is 312 Å². The molecule has 4 heteroatoms. The lowest BCUT2D eigenvalue weighted by molar-refractivity contribution is 1.06. The highest BCUT2D eigenvalue weighted by molar-refractivity contribution is 6.13. The highest BCUT2D eigenvalue weighted by Crippen LogP contribution is 2.42. The lowest BCUT2D eigenvalue weighted by Gasteiger charge is -2.19. The number of rotatable bonds is 9. The number of aromatic nitrogens is 1. The Morgan fingerprint density at radius 1 is 0.623 bits per heavy atom. The molecule has 4 nitrogen and oxygen atoms in total. The van der Waals surface area contributed by atoms with Gasteiger partial charge in [-0.3, -0.25) is 9.98 Å². The van der Waals surface area contributed by atoms with Crippen molar-refractivity contribution < 1.29 is 0 Å². The van der Waals surface area contributed by atoms with Gasteiger partial charge in [0.15, 0.2) is 11.7 Å². The predicted molar refractivity (Wildman–Crippen MR) is 226 cm³/mol. The molecular weight excluding hydrogens is 645 g/mol. The lowest BCUT2D eigenvalue weighted by Crippen LogP contribution is -2.06. The third-order valence-electron chi connectivity index (χ3n) is 9.21. The maximum absolute atomic E-state index is 5.03. The molecule has 0 bridgehead atoms. The van der Waals surface area contributed by atoms with Crippen molar-refractivity contribution in [3.05, 3.63) is 204 Å². The van der Waals surface area contributed by atoms with E-state index in [4.69, 9.17) is 9.98 Å². The van der Waals surface area contributed by atoms with Crippen LogP contribution in [0.2, 0.25) is 0 Å². The average Bonchev–Trinajstić information content (AvgIpc) is 3.23. The summed E-state index contributed by atoms with van der Waals surface area (Å²) in [7, 11) is 0. The lowest BCUT2D eigenvalue weighted by atomic mass is 9.84. The zero-order chi connectivity index (χ0) is 36.4. The van der Waals surface area contributed by atoms with E-state index in [1.165, 1.54) is 33.4 Å². The number of aliphatic imine (C=N–C) groups is 3. The molecule has 0 saturated heterocycles. The van der Waals surface area contributed by atoms with Crippen LogP contribution >= 0.6 is 0 Å². The van der Waals surface area contributed by atoms with E-state index in [2.05, 4.69) is 158 Å². The molecule has 0 spiro atoms. The molecule has 256 valence electrons. The molecular formula is C49H40N4. The Kier molecular flexibility index (Phi) is 10.8. The van der Waals surface area contributed by atoms with Gasteiger partial charge in [-0.15, -0.1) is 0 Å². The third kappa shape index (κ3) is 7.93. The molecule has 1 aromatic heterocycles. The van der Waals surface area contributed by atoms with Crippen molar-refractivity contribution in [3.8, 4) is 33.4 Å². The van der Waals surface area contributed by atoms with E-state index < -0.39 is 0 Å². The second kappa shape index (κ2) is 16.5. The minimum Gasteiger partial charge on any atom is -0.261 e. The van der Waals surface area contributed by atoms with Crippen LogP contribution in [0.5, 0.6) is 0 Å². The first-order chi connectivity index (χ1) is 26.1. The van der Waals surface area contributed by atoms with Gasteiger partial charge in [-0.1, -0.05) is 140 Å². The first-order valence-corrected chi connectivity index (χ1v) is 17.8. The Balaban J connectivity index is 1.35. The fourth-order valence-corrected chi connectivity index (χ4v) is 6.58. The van der Waals surface area contributed by atoms with Crippen LogP contribution in [-0.2, 0) is 6.54 Å². The highest BCUT2D eigenvalue weighted by Gasteiger charge is 2.18. The summed E-state index contributed by atoms with van der Waals surface area (Å²) in [5, 5.41) is 1.01. The zero-order valence-electron chi connectivity index (χ0n) is 30.0. The van der Waals surface area contributed by atoms with Crippen molar-refractivity contribution in [1.29, 1.82) is 0 Å². The summed E-state index contributed by atoms with van der Waals surface area (Å²) in [6.45, 7) is 8.53. The van der Waals surface area contributed by atoms with Crippen molar-refractivity contribution >= 4 is 34.9 Å². The second-order valence-electron chi connectivity index (χ2n) is 12.6. The first-order valence-electron chi connectivity index (χ1n) is 17.8. The van der Waals surface area contributed by atoms with Crippen molar-refractivity contribution in [1.82, 2.24) is 4.98 Å². The summed E-state index contributed by atoms with van der Waals surface area (Å²) in [5.74, 6) is 1.09. The van der Waals surface area contributed by atoms with Gasteiger partial charge >= 0.3 is 0 Å². The van der Waals surface area contributed by atoms with Gasteiger partial charge in [-0.05, 0) is 107 Å². The maximum Gasteiger partial charge on any atom is 0.161 e. The number of fused-ring (bicyclic) bond motifs is 1. The number of amidine groups is 2. The van der Waals surface area contributed by atoms with Crippen LogP contribution in [0.3, 0.4) is 0 Å². The Hall–Kier alpha value is -6.78. The number of hydrogen-bond acceptors (Lipinski definition) is 2. The van der Waals surface area contributed by atoms with Crippen LogP contribution < -0.4 is 0 Å². The Morgan fingerprint density at radius 2 is 1.30 bits per heavy atom. The second-order valence-corrected chi connectivity index (χ2v) is 12.6. The van der Waals surface area contributed by atoms with Crippen LogP contribution in [-0.4, -0.2) is 23.4 Å². The highest BCUT2D eigenvalue weighted by atomic mass is 15.0. The number of benzene rings is 6. The van der Waals surface area contributed by atoms with E-state index in [0.29, 0.717) is 18.2 Å². The minimum absolute atomic E-state index is 0.481. The molecule has 0 unspecified atom stereocenters. The van der Waals surface area contributed by atoms with Gasteiger partial charge in [0.05, 0.1) is 12.1 Å². The van der Waals surface area contributed by atoms with Crippen molar-refractivity contribution in [3.63, 3.8) is 0 Å². The van der Waals surface area contributed by atoms with Crippen LogP contribution in [0, 0.1) is 0 Å². The minimum atomic E-state index is 0.481. The molecule has 0 aliphatic heterocycles. The van der Waals surface area contributed by atoms with Crippen LogP contribution in [0.1, 0.15) is 36.1 Å². The normalized spacial score (nSPS) is 12.4. The summed E-state index contributed by atoms with van der Waals surface area (Å²) in [4.78, 5) is 18.9. The van der Waals surface area contributed by atoms with Gasteiger partial charge < -0.3 is 0 Å². The number of nitrogens with zero attached hydrogens (tertiary/aromatic N) is 4. The molecule has 7 rings (SSSR count). The van der Waals surface area contributed by atoms with Gasteiger partial charge in [0, 0.05) is 22.7 Å². The quantitative estimate of drug-likeness (QED) is 0.0848. The summed E-state index contributed by atoms with van der Waals surface area (Å²) < 4.78 is 0. The molecule has 0 aliphatic carbocycles. The molecule has 0 N–H and O–H groups in total. The molecule has 0 amide bonds. The summed E-state index contributed by atoms with van der Waals surface area (Å²) >= 11 is 0. The van der Waals surface area contributed by atoms with Crippen molar-refractivity contribution in [2.45, 2.75) is 20.4 Å². The molecule has 53 heavy (non-hydrogen) atoms. The number of allylic oxidation sites excluding steroid dienone is 4. The summed E-state index contributed by atoms with van der Waals surface area (Å²) in [5.41, 5.74) is 13.1. The zero-order valence-corrected chi connectivity index (χ0v) is 30.0. The van der Waals surface area contributed by atoms with Crippen LogP contribution in [0.4, 0.5) is 0 Å². The number of pyridine rings is 1. The fraction of sp³-hybridized carbons (Fsp3) is 0.0612. The molecule has 6 aromatic carbocycles. The molecule has 0 fully saturated rings. The van der Waals surface area contributed by atoms with E-state index in [9.17, 15) is 0 Å². The molecule has 1 heterocycles. The average molecular weight is 685 g/mol. The third-order valence-corrected chi connectivity index (χ3v) is 9.21. The fourth-order valence-electron chi connectivity index (χ4n) is 6.58. The Bertz CT molecular complexity index is 2480. The first kappa shape index (κ1) is 34.7. The van der Waals surface area contributed by atoms with E-state index in [0.717, 1.165) is 38.7 Å². The van der Waals surface area contributed by atoms with Gasteiger partial charge in [-0.2, -0.15) is 0 Å². The van der Waals surface area contributed by atoms with Gasteiger partial charge in [0.2, 0.25) is 0 Å².